The Morgan fingerprint density at radius 2 is 2.00 bits per heavy atom. The van der Waals surface area contributed by atoms with E-state index in [1.807, 2.05) is 20.8 Å². The Bertz CT molecular complexity index is 562. The zero-order valence-electron chi connectivity index (χ0n) is 13.8. The Hall–Kier alpha value is -1.47. The third kappa shape index (κ3) is 7.40. The van der Waals surface area contributed by atoms with E-state index in [4.69, 9.17) is 16.3 Å². The molecule has 1 amide bonds. The lowest BCUT2D eigenvalue weighted by atomic mass is 10.0. The van der Waals surface area contributed by atoms with Crippen LogP contribution in [-0.2, 0) is 9.53 Å². The number of benzene rings is 1. The van der Waals surface area contributed by atoms with Gasteiger partial charge in [-0.3, -0.25) is 4.79 Å². The van der Waals surface area contributed by atoms with Crippen molar-refractivity contribution in [1.29, 1.82) is 0 Å². The maximum Gasteiger partial charge on any atom is 0.411 e. The molecule has 0 aliphatic rings. The molecule has 0 spiro atoms. The van der Waals surface area contributed by atoms with Gasteiger partial charge in [-0.05, 0) is 36.1 Å². The van der Waals surface area contributed by atoms with Crippen LogP contribution in [0.4, 0.5) is 13.2 Å². The fraction of sp³-hybridized carbons (Fsp3) is 0.562. The van der Waals surface area contributed by atoms with Gasteiger partial charge in [-0.1, -0.05) is 25.4 Å². The molecule has 0 aliphatic carbocycles. The predicted molar refractivity (Wildman–Crippen MR) is 85.7 cm³/mol. The summed E-state index contributed by atoms with van der Waals surface area (Å²) in [6.07, 6.45) is -4.37. The third-order valence-corrected chi connectivity index (χ3v) is 3.51. The lowest BCUT2D eigenvalue weighted by molar-refractivity contribution is -0.173. The third-order valence-electron chi connectivity index (χ3n) is 3.11. The van der Waals surface area contributed by atoms with Gasteiger partial charge >= 0.3 is 6.18 Å². The molecule has 0 atom stereocenters. The van der Waals surface area contributed by atoms with E-state index in [0.29, 0.717) is 10.8 Å². The van der Waals surface area contributed by atoms with Crippen LogP contribution in [0.3, 0.4) is 0 Å². The molecule has 0 radical (unpaired) electrons. The summed E-state index contributed by atoms with van der Waals surface area (Å²) in [6.45, 7) is 3.98. The maximum absolute atomic E-state index is 11.9. The topological polar surface area (TPSA) is 47.6 Å². The monoisotopic (exact) mass is 367 g/mol. The van der Waals surface area contributed by atoms with E-state index in [0.717, 1.165) is 11.1 Å². The number of nitrogens with one attached hydrogen (secondary N) is 1. The van der Waals surface area contributed by atoms with Gasteiger partial charge < -0.3 is 14.8 Å². The largest absolute Gasteiger partial charge is 0.483 e. The molecule has 0 aliphatic heterocycles. The number of ether oxygens (including phenoxy) is 2. The minimum absolute atomic E-state index is 0.0189. The molecule has 1 aromatic carbocycles. The zero-order chi connectivity index (χ0) is 18.3. The summed E-state index contributed by atoms with van der Waals surface area (Å²) in [4.78, 5) is 11.7. The molecule has 24 heavy (non-hydrogen) atoms. The lowest BCUT2D eigenvalue weighted by Gasteiger charge is -2.16. The van der Waals surface area contributed by atoms with Crippen molar-refractivity contribution in [2.45, 2.75) is 32.9 Å². The molecule has 0 bridgehead atoms. The minimum atomic E-state index is -4.37. The first kappa shape index (κ1) is 20.6. The van der Waals surface area contributed by atoms with Crippen molar-refractivity contribution in [2.75, 3.05) is 26.4 Å². The van der Waals surface area contributed by atoms with Gasteiger partial charge in [0, 0.05) is 11.6 Å². The van der Waals surface area contributed by atoms with Gasteiger partial charge in [0.15, 0.2) is 6.61 Å². The number of rotatable bonds is 8. The number of carbonyl (C=O) groups excluding carboxylic acids is 1. The first-order chi connectivity index (χ1) is 11.1. The van der Waals surface area contributed by atoms with Crippen molar-refractivity contribution in [3.05, 3.63) is 28.3 Å². The highest BCUT2D eigenvalue weighted by molar-refractivity contribution is 6.31. The van der Waals surface area contributed by atoms with E-state index in [2.05, 4.69) is 10.1 Å². The second-order valence-electron chi connectivity index (χ2n) is 5.60. The van der Waals surface area contributed by atoms with Gasteiger partial charge in [0.2, 0.25) is 0 Å². The Balaban J connectivity index is 2.43. The standard InChI is InChI=1S/C16H21ClF3NO3/c1-10(2)12-7-13(17)11(3)6-14(12)24-8-15(22)21-4-5-23-9-16(18,19)20/h6-7,10H,4-5,8-9H2,1-3H3,(H,21,22). The van der Waals surface area contributed by atoms with Crippen molar-refractivity contribution in [2.24, 2.45) is 0 Å². The predicted octanol–water partition coefficient (Wildman–Crippen LogP) is 3.85. The SMILES string of the molecule is Cc1cc(OCC(=O)NCCOCC(F)(F)F)c(C(C)C)cc1Cl. The summed E-state index contributed by atoms with van der Waals surface area (Å²) in [7, 11) is 0. The second kappa shape index (κ2) is 9.13. The average molecular weight is 368 g/mol. The first-order valence-electron chi connectivity index (χ1n) is 7.44. The highest BCUT2D eigenvalue weighted by Gasteiger charge is 2.27. The molecule has 1 rings (SSSR count). The molecule has 0 saturated heterocycles. The van der Waals surface area contributed by atoms with Gasteiger partial charge in [-0.25, -0.2) is 0 Å². The van der Waals surface area contributed by atoms with Crippen LogP contribution in [0.2, 0.25) is 5.02 Å². The van der Waals surface area contributed by atoms with Gasteiger partial charge in [0.25, 0.3) is 5.91 Å². The smallest absolute Gasteiger partial charge is 0.411 e. The van der Waals surface area contributed by atoms with Crippen LogP contribution in [0.5, 0.6) is 5.75 Å². The van der Waals surface area contributed by atoms with Crippen LogP contribution >= 0.6 is 11.6 Å². The summed E-state index contributed by atoms with van der Waals surface area (Å²) in [6, 6.07) is 3.57. The molecular weight excluding hydrogens is 347 g/mol. The van der Waals surface area contributed by atoms with Crippen molar-refractivity contribution in [3.63, 3.8) is 0 Å². The van der Waals surface area contributed by atoms with Crippen molar-refractivity contribution >= 4 is 17.5 Å². The molecule has 1 aromatic rings. The van der Waals surface area contributed by atoms with E-state index in [9.17, 15) is 18.0 Å². The van der Waals surface area contributed by atoms with Crippen molar-refractivity contribution in [1.82, 2.24) is 5.32 Å². The number of aryl methyl sites for hydroxylation is 1. The number of amides is 1. The summed E-state index contributed by atoms with van der Waals surface area (Å²) < 4.78 is 45.5. The van der Waals surface area contributed by atoms with Crippen molar-refractivity contribution in [3.8, 4) is 5.75 Å². The van der Waals surface area contributed by atoms with Crippen LogP contribution in [0.1, 0.15) is 30.9 Å². The van der Waals surface area contributed by atoms with Crippen LogP contribution in [-0.4, -0.2) is 38.4 Å². The maximum atomic E-state index is 11.9. The minimum Gasteiger partial charge on any atom is -0.483 e. The van der Waals surface area contributed by atoms with Gasteiger partial charge in [-0.15, -0.1) is 0 Å². The van der Waals surface area contributed by atoms with E-state index < -0.39 is 18.7 Å². The number of hydrogen-bond acceptors (Lipinski definition) is 3. The van der Waals surface area contributed by atoms with Gasteiger partial charge in [-0.2, -0.15) is 13.2 Å². The second-order valence-corrected chi connectivity index (χ2v) is 6.01. The molecule has 1 N–H and O–H groups in total. The molecule has 136 valence electrons. The first-order valence-corrected chi connectivity index (χ1v) is 7.82. The van der Waals surface area contributed by atoms with Crippen LogP contribution in [0, 0.1) is 6.92 Å². The molecule has 8 heteroatoms. The summed E-state index contributed by atoms with van der Waals surface area (Å²) >= 11 is 6.09. The van der Waals surface area contributed by atoms with Gasteiger partial charge in [0.05, 0.1) is 6.61 Å². The number of alkyl halides is 3. The quantitative estimate of drug-likeness (QED) is 0.710. The highest BCUT2D eigenvalue weighted by Crippen LogP contribution is 2.31. The molecule has 4 nitrogen and oxygen atoms in total. The average Bonchev–Trinajstić information content (AvgIpc) is 2.46. The summed E-state index contributed by atoms with van der Waals surface area (Å²) in [5, 5.41) is 3.05. The molecule has 0 fully saturated rings. The van der Waals surface area contributed by atoms with Crippen LogP contribution in [0.15, 0.2) is 12.1 Å². The number of carbonyl (C=O) groups is 1. The van der Waals surface area contributed by atoms with E-state index in [1.165, 1.54) is 0 Å². The zero-order valence-corrected chi connectivity index (χ0v) is 14.6. The van der Waals surface area contributed by atoms with E-state index >= 15 is 0 Å². The molecule has 0 heterocycles. The number of hydrogen-bond donors (Lipinski definition) is 1. The van der Waals surface area contributed by atoms with Crippen LogP contribution < -0.4 is 10.1 Å². The highest BCUT2D eigenvalue weighted by atomic mass is 35.5. The summed E-state index contributed by atoms with van der Waals surface area (Å²) in [5.74, 6) is 0.292. The van der Waals surface area contributed by atoms with E-state index in [-0.39, 0.29) is 25.7 Å². The Labute approximate surface area is 144 Å². The summed E-state index contributed by atoms with van der Waals surface area (Å²) in [5.41, 5.74) is 1.71. The fourth-order valence-corrected chi connectivity index (χ4v) is 2.06. The lowest BCUT2D eigenvalue weighted by Crippen LogP contribution is -2.32. The normalized spacial score (nSPS) is 11.7. The molecule has 0 aromatic heterocycles. The van der Waals surface area contributed by atoms with Crippen LogP contribution in [0.25, 0.3) is 0 Å². The molecule has 0 saturated carbocycles. The Morgan fingerprint density at radius 1 is 1.33 bits per heavy atom. The van der Waals surface area contributed by atoms with Crippen molar-refractivity contribution < 1.29 is 27.4 Å². The fourth-order valence-electron chi connectivity index (χ4n) is 1.89. The number of halogens is 4. The molecular formula is C16H21ClF3NO3. The Kier molecular flexibility index (Phi) is 7.83. The molecule has 0 unspecified atom stereocenters. The van der Waals surface area contributed by atoms with E-state index in [1.54, 1.807) is 12.1 Å². The Morgan fingerprint density at radius 3 is 2.58 bits per heavy atom. The van der Waals surface area contributed by atoms with Gasteiger partial charge in [0.1, 0.15) is 12.4 Å².